The van der Waals surface area contributed by atoms with E-state index in [1.165, 1.54) is 17.0 Å². The Kier molecular flexibility index (Phi) is 45.0. The maximum Gasteiger partial charge on any atom is 0.229 e. The van der Waals surface area contributed by atoms with E-state index in [0.717, 1.165) is 192 Å². The molecule has 0 spiro atoms. The molecule has 8 saturated heterocycles. The molecule has 10 aliphatic rings. The molecule has 3 aromatic rings. The lowest BCUT2D eigenvalue weighted by Gasteiger charge is -2.39. The highest BCUT2D eigenvalue weighted by molar-refractivity contribution is 7.13. The number of carbonyl (C=O) groups excluding carboxylic acids is 12. The van der Waals surface area contributed by atoms with E-state index in [1.807, 2.05) is 263 Å². The summed E-state index contributed by atoms with van der Waals surface area (Å²) in [5.74, 6) is 6.66. The number of allylic oxidation sites excluding steroid dienone is 2. The molecule has 0 aliphatic carbocycles. The minimum atomic E-state index is -0.351. The predicted octanol–water partition coefficient (Wildman–Crippen LogP) is 13.2. The molecule has 13 rings (SSSR count). The monoisotopic (exact) mass is 1990 g/mol. The fraction of sp³-hybridized carbons (Fsp3) is 0.755. The molecule has 34 nitrogen and oxygen atoms in total. The van der Waals surface area contributed by atoms with Gasteiger partial charge < -0.3 is 74.5 Å². The molecule has 0 atom stereocenters. The molecule has 792 valence electrons. The van der Waals surface area contributed by atoms with E-state index in [2.05, 4.69) is 78.2 Å². The fourth-order valence-corrected chi connectivity index (χ4v) is 18.9. The maximum atomic E-state index is 12.2. The first-order valence-corrected chi connectivity index (χ1v) is 52.4. The van der Waals surface area contributed by atoms with Gasteiger partial charge in [0.1, 0.15) is 17.5 Å². The van der Waals surface area contributed by atoms with Gasteiger partial charge in [0, 0.05) is 286 Å². The van der Waals surface area contributed by atoms with E-state index < -0.39 is 0 Å². The van der Waals surface area contributed by atoms with E-state index in [4.69, 9.17) is 0 Å². The molecular weight excluding hydrogens is 1810 g/mol. The number of amidine groups is 1. The summed E-state index contributed by atoms with van der Waals surface area (Å²) in [4.78, 5) is 180. The van der Waals surface area contributed by atoms with Crippen molar-refractivity contribution in [2.45, 2.75) is 283 Å². The van der Waals surface area contributed by atoms with Crippen molar-refractivity contribution in [1.82, 2.24) is 83.8 Å². The standard InChI is InChI=1S/C14H24N4O.C14H21N3O2S.C14H23N3O.C14H22N2O.2C13H24N2O2.C12H20N4O.C12H22N2O2/c1-11-10-15-12(2)18(11)17-8-6-16(7-9-17)13(19)14(3,4)5;1-14(2,3)12(19)17-7-4-10(5-8-17)11(18)16-13-15-6-9-20-13;1-14(2,3)13(18)17-8-5-11(6-9-17)12-15-7-10-16(12)4;1-14(2,3)13(17)16-9-6-11(7-10-16)12-5-4-8-15-12;1-13(2,3)12(17)15-8-6-10(7-9-15)11(16)14(4)5;1-5-14-11(16)10-6-8-15(9-7-10)12(17)13(2,3)4;1-12(2,3)11(17)16-8-6-15(7-9-16)10-4-5-13-14-10;1-12(2,3)11(16)14-7-5-9(6-8-14)10(15)13-4/h10H,6-9H2,1-5H3;6,9-10H,4-5,7-8H2,1-3H3,(H,15,16,18);7,10-11H,5-6,8-9H2,1-4H3;5,8,11H,4,6-7,9-10H2,1-3H3;10H,6-9H2,1-5H3;10H,5-9H2,1-4H3,(H,14,16);5H,4,6-9H2,1-3H3;9H,5-8H2,1-4H3,(H,13,15). The summed E-state index contributed by atoms with van der Waals surface area (Å²) in [5, 5.41) is 21.0. The van der Waals surface area contributed by atoms with Gasteiger partial charge in [0.2, 0.25) is 70.9 Å². The van der Waals surface area contributed by atoms with E-state index in [-0.39, 0.29) is 138 Å². The van der Waals surface area contributed by atoms with Crippen LogP contribution in [0.5, 0.6) is 0 Å². The summed E-state index contributed by atoms with van der Waals surface area (Å²) >= 11 is 1.42. The molecule has 141 heavy (non-hydrogen) atoms. The normalized spacial score (nSPS) is 18.6. The van der Waals surface area contributed by atoms with Gasteiger partial charge in [-0.05, 0) is 97.8 Å². The Hall–Kier alpha value is -9.96. The third-order valence-electron chi connectivity index (χ3n) is 26.7. The maximum absolute atomic E-state index is 12.2. The van der Waals surface area contributed by atoms with E-state index in [0.29, 0.717) is 75.9 Å². The molecule has 0 unspecified atom stereocenters. The molecule has 0 radical (unpaired) electrons. The van der Waals surface area contributed by atoms with Gasteiger partial charge in [-0.3, -0.25) is 62.5 Å². The van der Waals surface area contributed by atoms with Crippen LogP contribution in [0, 0.1) is 86.8 Å². The van der Waals surface area contributed by atoms with Gasteiger partial charge in [0.15, 0.2) is 5.13 Å². The van der Waals surface area contributed by atoms with Crippen molar-refractivity contribution < 1.29 is 57.5 Å². The molecule has 10 aliphatic heterocycles. The number of aliphatic imine (C=N–C) groups is 1. The number of piperazine rings is 2. The van der Waals surface area contributed by atoms with Crippen molar-refractivity contribution in [2.75, 3.05) is 169 Å². The highest BCUT2D eigenvalue weighted by Crippen LogP contribution is 2.35. The topological polar surface area (TPSA) is 362 Å². The molecule has 13 heterocycles. The largest absolute Gasteiger partial charge is 0.359 e. The summed E-state index contributed by atoms with van der Waals surface area (Å²) in [6.45, 7) is 69.3. The van der Waals surface area contributed by atoms with Gasteiger partial charge in [-0.25, -0.2) is 19.6 Å². The number of hydrogen-bond acceptors (Lipinski definition) is 21. The number of aryl methyl sites for hydroxylation is 3. The highest BCUT2D eigenvalue weighted by atomic mass is 32.1. The number of rotatable bonds is 9. The first-order valence-electron chi connectivity index (χ1n) is 51.5. The van der Waals surface area contributed by atoms with Crippen LogP contribution in [0.15, 0.2) is 57.1 Å². The first-order chi connectivity index (χ1) is 65.5. The van der Waals surface area contributed by atoms with Crippen molar-refractivity contribution in [3.8, 4) is 0 Å². The second-order valence-electron chi connectivity index (χ2n) is 47.3. The number of piperidine rings is 6. The number of nitrogens with zero attached hydrogens (tertiary/aromatic N) is 19. The lowest BCUT2D eigenvalue weighted by molar-refractivity contribution is -0.144. The number of imidazole rings is 2. The molecule has 3 aromatic heterocycles. The number of hydrogen-bond donors (Lipinski definition) is 3. The van der Waals surface area contributed by atoms with Crippen LogP contribution in [0.2, 0.25) is 0 Å². The smallest absolute Gasteiger partial charge is 0.229 e. The predicted molar refractivity (Wildman–Crippen MR) is 562 cm³/mol. The van der Waals surface area contributed by atoms with Crippen molar-refractivity contribution in [1.29, 1.82) is 0 Å². The van der Waals surface area contributed by atoms with Crippen molar-refractivity contribution >= 4 is 106 Å². The van der Waals surface area contributed by atoms with Gasteiger partial charge in [0.25, 0.3) is 0 Å². The summed E-state index contributed by atoms with van der Waals surface area (Å²) in [6, 6.07) is 0. The zero-order chi connectivity index (χ0) is 106. The number of anilines is 1. The molecule has 0 saturated carbocycles. The number of likely N-dealkylation sites (tertiary alicyclic amines) is 6. The zero-order valence-electron chi connectivity index (χ0n) is 92.1. The van der Waals surface area contributed by atoms with Crippen LogP contribution < -0.4 is 21.0 Å². The van der Waals surface area contributed by atoms with Crippen LogP contribution in [0.3, 0.4) is 0 Å². The molecule has 0 bridgehead atoms. The van der Waals surface area contributed by atoms with Crippen LogP contribution in [0.1, 0.15) is 286 Å². The van der Waals surface area contributed by atoms with Crippen molar-refractivity contribution in [3.05, 3.63) is 59.3 Å². The quantitative estimate of drug-likeness (QED) is 0.179. The molecule has 12 amide bonds. The van der Waals surface area contributed by atoms with Gasteiger partial charge >= 0.3 is 0 Å². The Morgan fingerprint density at radius 3 is 1.06 bits per heavy atom. The second kappa shape index (κ2) is 53.0. The van der Waals surface area contributed by atoms with Crippen molar-refractivity contribution in [2.24, 2.45) is 95.2 Å². The zero-order valence-corrected chi connectivity index (χ0v) is 93.0. The average molecular weight is 1990 g/mol. The van der Waals surface area contributed by atoms with Crippen LogP contribution in [-0.2, 0) is 64.6 Å². The summed E-state index contributed by atoms with van der Waals surface area (Å²) in [6.07, 6.45) is 25.5. The third kappa shape index (κ3) is 37.3. The van der Waals surface area contributed by atoms with Crippen molar-refractivity contribution in [3.63, 3.8) is 0 Å². The van der Waals surface area contributed by atoms with Gasteiger partial charge in [-0.15, -0.1) is 16.4 Å². The molecule has 35 heteroatoms. The van der Waals surface area contributed by atoms with Gasteiger partial charge in [-0.2, -0.15) is 5.10 Å². The van der Waals surface area contributed by atoms with Crippen LogP contribution in [0.25, 0.3) is 0 Å². The SMILES string of the molecule is CC(C)(C)C(=O)N1CCC(C(=O)Nc2nccs2)CC1.CC(C)(C)C(=O)N1CCC(C2=CCC=N2)CC1.CC(C)(C)C(=O)N1CCN(C2=NN=CC2)CC1.CCNC(=O)C1CCN(C(=O)C(C)(C)C)CC1.CN(C)C(=O)C1CCN(C(=O)C(C)(C)C)CC1.CNC(=O)C1CCN(C(=O)C(C)(C)C)CC1.Cc1cnc(C)n1N1CCN(C(=O)C(C)(C)C)CC1.Cn1ccnc1C1CCN(C(=O)C(C)(C)C)CC1. The summed E-state index contributed by atoms with van der Waals surface area (Å²) in [5.41, 5.74) is -0.0134. The number of amides is 12. The Labute approximate surface area is 848 Å². The van der Waals surface area contributed by atoms with Crippen LogP contribution in [-0.4, -0.2) is 321 Å². The van der Waals surface area contributed by atoms with E-state index >= 15 is 0 Å². The van der Waals surface area contributed by atoms with Crippen LogP contribution >= 0.6 is 11.3 Å². The van der Waals surface area contributed by atoms with E-state index in [9.17, 15) is 57.5 Å². The number of nitrogens with one attached hydrogen (secondary N) is 3. The lowest BCUT2D eigenvalue weighted by Crippen LogP contribution is -2.55. The van der Waals surface area contributed by atoms with Crippen LogP contribution in [0.4, 0.5) is 5.13 Å². The van der Waals surface area contributed by atoms with Gasteiger partial charge in [0.05, 0.1) is 25.0 Å². The lowest BCUT2D eigenvalue weighted by atomic mass is 9.90. The Balaban J connectivity index is 0.000000247. The Morgan fingerprint density at radius 1 is 0.411 bits per heavy atom. The average Bonchev–Trinajstić information content (AvgIpc) is 1.71. The molecule has 3 N–H and O–H groups in total. The Morgan fingerprint density at radius 2 is 0.759 bits per heavy atom. The molecule has 8 fully saturated rings. The third-order valence-corrected chi connectivity index (χ3v) is 27.4. The minimum Gasteiger partial charge on any atom is -0.359 e. The van der Waals surface area contributed by atoms with E-state index in [1.54, 1.807) is 32.2 Å². The fourth-order valence-electron chi connectivity index (χ4n) is 18.4. The second-order valence-corrected chi connectivity index (χ2v) is 48.2. The number of aromatic nitrogens is 5. The summed E-state index contributed by atoms with van der Waals surface area (Å²) < 4.78 is 4.24. The number of carbonyl (C=O) groups is 12. The molecule has 0 aromatic carbocycles. The highest BCUT2D eigenvalue weighted by Gasteiger charge is 2.41. The summed E-state index contributed by atoms with van der Waals surface area (Å²) in [7, 11) is 7.27. The first kappa shape index (κ1) is 120. The Bertz CT molecular complexity index is 4660. The molecular formula is C106H180N22O12S. The minimum absolute atomic E-state index is 0.0165. The number of thiazole rings is 1. The van der Waals surface area contributed by atoms with Gasteiger partial charge in [-0.1, -0.05) is 172 Å².